The molecule has 0 N–H and O–H groups in total. The van der Waals surface area contributed by atoms with Crippen LogP contribution in [0, 0.1) is 24.7 Å². The maximum atomic E-state index is 5.67. The minimum absolute atomic E-state index is 0.369. The molecule has 0 aromatic heterocycles. The molecule has 0 nitrogen and oxygen atoms in total. The first-order valence-corrected chi connectivity index (χ1v) is 4.28. The minimum atomic E-state index is 0.369. The standard InChI is InChI=1S/C10H20/c1-8(2)6-10(5)7-9(3)4/h1,8-10H,6-7H2,2-5H3. The summed E-state index contributed by atoms with van der Waals surface area (Å²) >= 11 is 0. The van der Waals surface area contributed by atoms with Gasteiger partial charge in [-0.25, -0.2) is 0 Å². The zero-order valence-electron chi connectivity index (χ0n) is 7.72. The third-order valence-corrected chi connectivity index (χ3v) is 1.65. The Bertz CT molecular complexity index is 62.1. The zero-order chi connectivity index (χ0) is 8.15. The van der Waals surface area contributed by atoms with Crippen LogP contribution in [0.2, 0.25) is 0 Å². The van der Waals surface area contributed by atoms with Crippen molar-refractivity contribution in [3.05, 3.63) is 6.92 Å². The summed E-state index contributed by atoms with van der Waals surface area (Å²) < 4.78 is 0. The highest BCUT2D eigenvalue weighted by Crippen LogP contribution is 2.18. The molecule has 0 heteroatoms. The third-order valence-electron chi connectivity index (χ3n) is 1.65. The van der Waals surface area contributed by atoms with Crippen LogP contribution in [0.25, 0.3) is 0 Å². The molecule has 0 fully saturated rings. The van der Waals surface area contributed by atoms with Gasteiger partial charge in [0.2, 0.25) is 0 Å². The average molecular weight is 140 g/mol. The van der Waals surface area contributed by atoms with Crippen molar-refractivity contribution in [2.24, 2.45) is 17.8 Å². The van der Waals surface area contributed by atoms with Gasteiger partial charge in [-0.1, -0.05) is 27.7 Å². The van der Waals surface area contributed by atoms with Gasteiger partial charge in [0.25, 0.3) is 0 Å². The molecule has 60 valence electrons. The summed E-state index contributed by atoms with van der Waals surface area (Å²) in [4.78, 5) is 0. The summed E-state index contributed by atoms with van der Waals surface area (Å²) in [5.41, 5.74) is 0. The van der Waals surface area contributed by atoms with Gasteiger partial charge in [-0.15, -0.1) is 0 Å². The molecule has 0 aromatic carbocycles. The van der Waals surface area contributed by atoms with Crippen LogP contribution >= 0.6 is 0 Å². The average Bonchev–Trinajstić information content (AvgIpc) is 1.58. The zero-order valence-corrected chi connectivity index (χ0v) is 7.72. The maximum Gasteiger partial charge on any atom is -0.0321 e. The molecule has 0 aliphatic rings. The SMILES string of the molecule is [CH]C(C)CC(C)CC(C)C. The van der Waals surface area contributed by atoms with Gasteiger partial charge in [0.15, 0.2) is 0 Å². The van der Waals surface area contributed by atoms with Crippen LogP contribution in [0.15, 0.2) is 0 Å². The Kier molecular flexibility index (Phi) is 4.76. The summed E-state index contributed by atoms with van der Waals surface area (Å²) in [6, 6.07) is 0. The van der Waals surface area contributed by atoms with Crippen LogP contribution in [0.4, 0.5) is 0 Å². The molecule has 2 atom stereocenters. The largest absolute Gasteiger partial charge is 0.0628 e. The quantitative estimate of drug-likeness (QED) is 0.561. The lowest BCUT2D eigenvalue weighted by atomic mass is 9.91. The van der Waals surface area contributed by atoms with E-state index in [9.17, 15) is 0 Å². The van der Waals surface area contributed by atoms with E-state index in [2.05, 4.69) is 27.7 Å². The molecule has 0 heterocycles. The third kappa shape index (κ3) is 6.12. The smallest absolute Gasteiger partial charge is 0.0321 e. The van der Waals surface area contributed by atoms with Gasteiger partial charge in [-0.2, -0.15) is 0 Å². The van der Waals surface area contributed by atoms with Crippen LogP contribution in [-0.2, 0) is 0 Å². The van der Waals surface area contributed by atoms with E-state index in [1.165, 1.54) is 6.42 Å². The van der Waals surface area contributed by atoms with Gasteiger partial charge >= 0.3 is 0 Å². The lowest BCUT2D eigenvalue weighted by Crippen LogP contribution is -2.03. The first-order chi connectivity index (χ1) is 4.52. The molecule has 0 rings (SSSR count). The molecule has 0 aliphatic carbocycles. The van der Waals surface area contributed by atoms with Crippen LogP contribution < -0.4 is 0 Å². The normalized spacial score (nSPS) is 12.0. The molecule has 0 saturated heterocycles. The summed E-state index contributed by atoms with van der Waals surface area (Å²) in [7, 11) is 0. The van der Waals surface area contributed by atoms with Gasteiger partial charge in [0.05, 0.1) is 0 Å². The van der Waals surface area contributed by atoms with Crippen molar-refractivity contribution in [2.45, 2.75) is 40.5 Å². The number of hydrogen-bond acceptors (Lipinski definition) is 0. The van der Waals surface area contributed by atoms with E-state index in [4.69, 9.17) is 6.92 Å². The molecule has 0 saturated carbocycles. The number of hydrogen-bond donors (Lipinski definition) is 0. The Hall–Kier alpha value is 0. The molecule has 0 spiro atoms. The predicted octanol–water partition coefficient (Wildman–Crippen LogP) is 3.41. The minimum Gasteiger partial charge on any atom is -0.0628 e. The van der Waals surface area contributed by atoms with Gasteiger partial charge in [-0.05, 0) is 37.5 Å². The Balaban J connectivity index is 3.34. The summed E-state index contributed by atoms with van der Waals surface area (Å²) in [5, 5.41) is 0. The fraction of sp³-hybridized carbons (Fsp3) is 0.900. The van der Waals surface area contributed by atoms with Crippen molar-refractivity contribution in [3.8, 4) is 0 Å². The van der Waals surface area contributed by atoms with Crippen LogP contribution in [0.1, 0.15) is 40.5 Å². The van der Waals surface area contributed by atoms with Gasteiger partial charge < -0.3 is 0 Å². The van der Waals surface area contributed by atoms with Crippen molar-refractivity contribution in [3.63, 3.8) is 0 Å². The highest BCUT2D eigenvalue weighted by molar-refractivity contribution is 4.62. The molecule has 0 aromatic rings. The van der Waals surface area contributed by atoms with Crippen molar-refractivity contribution in [1.82, 2.24) is 0 Å². The van der Waals surface area contributed by atoms with Crippen molar-refractivity contribution >= 4 is 0 Å². The molecule has 2 radical (unpaired) electrons. The van der Waals surface area contributed by atoms with E-state index in [-0.39, 0.29) is 0 Å². The predicted molar refractivity (Wildman–Crippen MR) is 46.7 cm³/mol. The molecular formula is C10H20. The topological polar surface area (TPSA) is 0 Å². The molecule has 0 aliphatic heterocycles. The maximum absolute atomic E-state index is 5.67. The van der Waals surface area contributed by atoms with E-state index in [1.807, 2.05) is 0 Å². The van der Waals surface area contributed by atoms with Crippen molar-refractivity contribution in [1.29, 1.82) is 0 Å². The Morgan fingerprint density at radius 1 is 1.00 bits per heavy atom. The Morgan fingerprint density at radius 2 is 1.50 bits per heavy atom. The molecule has 10 heavy (non-hydrogen) atoms. The first-order valence-electron chi connectivity index (χ1n) is 4.28. The Labute approximate surface area is 66.0 Å². The van der Waals surface area contributed by atoms with Gasteiger partial charge in [0, 0.05) is 0 Å². The van der Waals surface area contributed by atoms with Crippen molar-refractivity contribution in [2.75, 3.05) is 0 Å². The summed E-state index contributed by atoms with van der Waals surface area (Å²) in [5.74, 6) is 1.97. The van der Waals surface area contributed by atoms with E-state index < -0.39 is 0 Å². The van der Waals surface area contributed by atoms with E-state index in [0.717, 1.165) is 18.3 Å². The molecule has 0 bridgehead atoms. The van der Waals surface area contributed by atoms with E-state index in [0.29, 0.717) is 5.92 Å². The van der Waals surface area contributed by atoms with Crippen molar-refractivity contribution < 1.29 is 0 Å². The van der Waals surface area contributed by atoms with Crippen LogP contribution in [-0.4, -0.2) is 0 Å². The summed E-state index contributed by atoms with van der Waals surface area (Å²) in [6.07, 6.45) is 2.47. The first kappa shape index (κ1) is 10.0. The highest BCUT2D eigenvalue weighted by atomic mass is 14.1. The van der Waals surface area contributed by atoms with Gasteiger partial charge in [0.1, 0.15) is 0 Å². The fourth-order valence-corrected chi connectivity index (χ4v) is 1.54. The van der Waals surface area contributed by atoms with Crippen LogP contribution in [0.3, 0.4) is 0 Å². The second kappa shape index (κ2) is 4.76. The molecular weight excluding hydrogens is 120 g/mol. The van der Waals surface area contributed by atoms with Crippen LogP contribution in [0.5, 0.6) is 0 Å². The fourth-order valence-electron chi connectivity index (χ4n) is 1.54. The Morgan fingerprint density at radius 3 is 1.80 bits per heavy atom. The number of rotatable bonds is 4. The van der Waals surface area contributed by atoms with E-state index in [1.54, 1.807) is 0 Å². The lowest BCUT2D eigenvalue weighted by molar-refractivity contribution is 0.382. The lowest BCUT2D eigenvalue weighted by Gasteiger charge is -2.15. The molecule has 2 unspecified atom stereocenters. The monoisotopic (exact) mass is 140 g/mol. The second-order valence-corrected chi connectivity index (χ2v) is 3.95. The van der Waals surface area contributed by atoms with E-state index >= 15 is 0 Å². The highest BCUT2D eigenvalue weighted by Gasteiger charge is 2.06. The van der Waals surface area contributed by atoms with Gasteiger partial charge in [-0.3, -0.25) is 0 Å². The second-order valence-electron chi connectivity index (χ2n) is 3.95. The molecule has 0 amide bonds. The summed E-state index contributed by atoms with van der Waals surface area (Å²) in [6.45, 7) is 14.6.